The second-order valence-electron chi connectivity index (χ2n) is 7.09. The molecular formula is C25H20ClN3O6. The minimum absolute atomic E-state index is 0.116. The fourth-order valence-electron chi connectivity index (χ4n) is 2.95. The average molecular weight is 494 g/mol. The number of amides is 2. The maximum atomic E-state index is 13.0. The summed E-state index contributed by atoms with van der Waals surface area (Å²) in [4.78, 5) is 48.0. The molecule has 0 radical (unpaired) electrons. The Hall–Kier alpha value is -4.50. The number of non-ortho nitro benzene ring substituents is 1. The molecule has 10 heteroatoms. The van der Waals surface area contributed by atoms with E-state index in [0.717, 1.165) is 0 Å². The van der Waals surface area contributed by atoms with Crippen molar-refractivity contribution in [3.8, 4) is 0 Å². The van der Waals surface area contributed by atoms with Crippen molar-refractivity contribution in [2.45, 2.75) is 6.92 Å². The predicted octanol–water partition coefficient (Wildman–Crippen LogP) is 4.83. The number of hydrogen-bond acceptors (Lipinski definition) is 6. The van der Waals surface area contributed by atoms with Crippen LogP contribution in [-0.4, -0.2) is 29.3 Å². The molecule has 0 unspecified atom stereocenters. The molecular weight excluding hydrogens is 474 g/mol. The van der Waals surface area contributed by atoms with Crippen LogP contribution in [0.3, 0.4) is 0 Å². The molecule has 0 aromatic heterocycles. The third-order valence-electron chi connectivity index (χ3n) is 4.68. The van der Waals surface area contributed by atoms with Crippen LogP contribution in [0.4, 0.5) is 11.4 Å². The summed E-state index contributed by atoms with van der Waals surface area (Å²) in [6.45, 7) is 1.93. The first-order chi connectivity index (χ1) is 16.8. The molecule has 0 aliphatic carbocycles. The number of nitrogens with one attached hydrogen (secondary N) is 2. The van der Waals surface area contributed by atoms with E-state index in [0.29, 0.717) is 16.8 Å². The molecule has 0 aliphatic rings. The van der Waals surface area contributed by atoms with Crippen molar-refractivity contribution in [3.63, 3.8) is 0 Å². The second kappa shape index (κ2) is 11.6. The maximum absolute atomic E-state index is 13.0. The number of nitrogens with zero attached hydrogens (tertiary/aromatic N) is 1. The highest BCUT2D eigenvalue weighted by Crippen LogP contribution is 2.18. The molecule has 2 amide bonds. The Labute approximate surface area is 205 Å². The summed E-state index contributed by atoms with van der Waals surface area (Å²) in [6, 6.07) is 17.8. The van der Waals surface area contributed by atoms with Crippen molar-refractivity contribution in [2.75, 3.05) is 11.9 Å². The molecule has 0 aliphatic heterocycles. The third-order valence-corrected chi connectivity index (χ3v) is 5.01. The number of ether oxygens (including phenoxy) is 1. The number of carbonyl (C=O) groups excluding carboxylic acids is 3. The van der Waals surface area contributed by atoms with Gasteiger partial charge in [-0.05, 0) is 67.1 Å². The van der Waals surface area contributed by atoms with Crippen LogP contribution < -0.4 is 10.6 Å². The average Bonchev–Trinajstić information content (AvgIpc) is 2.84. The van der Waals surface area contributed by atoms with Crippen LogP contribution in [0.25, 0.3) is 6.08 Å². The number of esters is 1. The first-order valence-corrected chi connectivity index (χ1v) is 10.8. The largest absolute Gasteiger partial charge is 0.462 e. The molecule has 0 fully saturated rings. The summed E-state index contributed by atoms with van der Waals surface area (Å²) >= 11 is 6.10. The van der Waals surface area contributed by atoms with Crippen LogP contribution in [0.5, 0.6) is 0 Å². The number of anilines is 1. The minimum Gasteiger partial charge on any atom is -0.462 e. The Kier molecular flexibility index (Phi) is 8.31. The van der Waals surface area contributed by atoms with Crippen molar-refractivity contribution in [1.82, 2.24) is 5.32 Å². The smallest absolute Gasteiger partial charge is 0.338 e. The van der Waals surface area contributed by atoms with Gasteiger partial charge in [0.25, 0.3) is 17.5 Å². The van der Waals surface area contributed by atoms with Gasteiger partial charge in [0.1, 0.15) is 5.70 Å². The van der Waals surface area contributed by atoms with E-state index in [2.05, 4.69) is 10.6 Å². The highest BCUT2D eigenvalue weighted by Gasteiger charge is 2.17. The molecule has 0 spiro atoms. The number of rotatable bonds is 8. The number of carbonyl (C=O) groups is 3. The van der Waals surface area contributed by atoms with E-state index >= 15 is 0 Å². The molecule has 3 aromatic carbocycles. The van der Waals surface area contributed by atoms with Crippen LogP contribution in [0.2, 0.25) is 5.02 Å². The van der Waals surface area contributed by atoms with Gasteiger partial charge in [-0.3, -0.25) is 19.7 Å². The van der Waals surface area contributed by atoms with Crippen LogP contribution in [0.15, 0.2) is 78.5 Å². The van der Waals surface area contributed by atoms with Gasteiger partial charge in [0.05, 0.1) is 27.7 Å². The van der Waals surface area contributed by atoms with E-state index in [-0.39, 0.29) is 28.6 Å². The van der Waals surface area contributed by atoms with Gasteiger partial charge in [-0.1, -0.05) is 23.7 Å². The zero-order valence-electron chi connectivity index (χ0n) is 18.5. The minimum atomic E-state index is -0.660. The van der Waals surface area contributed by atoms with Gasteiger partial charge in [0.15, 0.2) is 0 Å². The SMILES string of the molecule is CCOC(=O)c1ccc(NC(=O)/C(=C/c2ccc([N+](=O)[O-])cc2)NC(=O)c2ccccc2Cl)cc1. The Morgan fingerprint density at radius 2 is 1.66 bits per heavy atom. The molecule has 3 rings (SSSR count). The van der Waals surface area contributed by atoms with E-state index in [4.69, 9.17) is 16.3 Å². The van der Waals surface area contributed by atoms with Crippen molar-refractivity contribution >= 4 is 46.8 Å². The van der Waals surface area contributed by atoms with Crippen LogP contribution in [-0.2, 0) is 9.53 Å². The van der Waals surface area contributed by atoms with E-state index in [1.165, 1.54) is 60.7 Å². The van der Waals surface area contributed by atoms with Gasteiger partial charge < -0.3 is 15.4 Å². The van der Waals surface area contributed by atoms with E-state index < -0.39 is 22.7 Å². The lowest BCUT2D eigenvalue weighted by Crippen LogP contribution is -2.31. The number of nitro groups is 1. The third kappa shape index (κ3) is 6.75. The second-order valence-corrected chi connectivity index (χ2v) is 7.50. The van der Waals surface area contributed by atoms with Crippen molar-refractivity contribution in [1.29, 1.82) is 0 Å². The van der Waals surface area contributed by atoms with Crippen molar-refractivity contribution in [3.05, 3.63) is 110 Å². The van der Waals surface area contributed by atoms with Gasteiger partial charge in [-0.15, -0.1) is 0 Å². The molecule has 3 aromatic rings. The summed E-state index contributed by atoms with van der Waals surface area (Å²) in [5.74, 6) is -1.76. The highest BCUT2D eigenvalue weighted by atomic mass is 35.5. The predicted molar refractivity (Wildman–Crippen MR) is 131 cm³/mol. The molecule has 9 nitrogen and oxygen atoms in total. The number of nitro benzene ring substituents is 1. The first-order valence-electron chi connectivity index (χ1n) is 10.4. The van der Waals surface area contributed by atoms with Crippen molar-refractivity contribution in [2.24, 2.45) is 0 Å². The van der Waals surface area contributed by atoms with Gasteiger partial charge in [-0.25, -0.2) is 4.79 Å². The topological polar surface area (TPSA) is 128 Å². The highest BCUT2D eigenvalue weighted by molar-refractivity contribution is 6.34. The van der Waals surface area contributed by atoms with Crippen LogP contribution >= 0.6 is 11.6 Å². The lowest BCUT2D eigenvalue weighted by atomic mass is 10.1. The molecule has 0 heterocycles. The molecule has 0 saturated heterocycles. The Bertz CT molecular complexity index is 1290. The molecule has 2 N–H and O–H groups in total. The van der Waals surface area contributed by atoms with E-state index in [1.54, 1.807) is 25.1 Å². The number of benzene rings is 3. The lowest BCUT2D eigenvalue weighted by molar-refractivity contribution is -0.384. The normalized spacial score (nSPS) is 10.9. The Morgan fingerprint density at radius 1 is 1.00 bits per heavy atom. The summed E-state index contributed by atoms with van der Waals surface area (Å²) in [5, 5.41) is 16.3. The van der Waals surface area contributed by atoms with E-state index in [1.807, 2.05) is 0 Å². The fourth-order valence-corrected chi connectivity index (χ4v) is 3.18. The Morgan fingerprint density at radius 3 is 2.26 bits per heavy atom. The maximum Gasteiger partial charge on any atom is 0.338 e. The summed E-state index contributed by atoms with van der Waals surface area (Å²) in [7, 11) is 0. The van der Waals surface area contributed by atoms with Crippen LogP contribution in [0, 0.1) is 10.1 Å². The molecule has 0 atom stereocenters. The van der Waals surface area contributed by atoms with Crippen LogP contribution in [0.1, 0.15) is 33.2 Å². The molecule has 35 heavy (non-hydrogen) atoms. The quantitative estimate of drug-likeness (QED) is 0.200. The Balaban J connectivity index is 1.87. The van der Waals surface area contributed by atoms with Gasteiger partial charge >= 0.3 is 5.97 Å². The summed E-state index contributed by atoms with van der Waals surface area (Å²) in [6.07, 6.45) is 1.38. The monoisotopic (exact) mass is 493 g/mol. The zero-order valence-corrected chi connectivity index (χ0v) is 19.2. The van der Waals surface area contributed by atoms with E-state index in [9.17, 15) is 24.5 Å². The molecule has 0 bridgehead atoms. The zero-order chi connectivity index (χ0) is 25.4. The fraction of sp³-hybridized carbons (Fsp3) is 0.0800. The van der Waals surface area contributed by atoms with Gasteiger partial charge in [-0.2, -0.15) is 0 Å². The number of hydrogen-bond donors (Lipinski definition) is 2. The number of halogens is 1. The standard InChI is InChI=1S/C25H20ClN3O6/c1-2-35-25(32)17-9-11-18(12-10-17)27-24(31)22(15-16-7-13-19(14-8-16)29(33)34)28-23(30)20-5-3-4-6-21(20)26/h3-15H,2H2,1H3,(H,27,31)(H,28,30)/b22-15-. The lowest BCUT2D eigenvalue weighted by Gasteiger charge is -2.12. The van der Waals surface area contributed by atoms with Gasteiger partial charge in [0.2, 0.25) is 0 Å². The summed E-state index contributed by atoms with van der Waals surface area (Å²) < 4.78 is 4.94. The first kappa shape index (κ1) is 25.1. The molecule has 0 saturated carbocycles. The van der Waals surface area contributed by atoms with Crippen molar-refractivity contribution < 1.29 is 24.0 Å². The summed E-state index contributed by atoms with van der Waals surface area (Å²) in [5.41, 5.74) is 1.05. The van der Waals surface area contributed by atoms with Gasteiger partial charge in [0, 0.05) is 17.8 Å². The molecule has 178 valence electrons.